The van der Waals surface area contributed by atoms with Crippen molar-refractivity contribution in [2.75, 3.05) is 7.11 Å². The average molecular weight is 341 g/mol. The second-order valence-corrected chi connectivity index (χ2v) is 5.38. The predicted octanol–water partition coefficient (Wildman–Crippen LogP) is 1.69. The second-order valence-electron chi connectivity index (χ2n) is 5.38. The number of hydrogen-bond donors (Lipinski definition) is 4. The number of hydroxylamine groups is 1. The van der Waals surface area contributed by atoms with Crippen LogP contribution in [0.4, 0.5) is 4.39 Å². The lowest BCUT2D eigenvalue weighted by atomic mass is 10.0. The Labute approximate surface area is 140 Å². The molecule has 1 aromatic rings. The van der Waals surface area contributed by atoms with Crippen LogP contribution in [0, 0.1) is 5.82 Å². The number of nitrogens with one attached hydrogen (secondary N) is 1. The molecule has 0 saturated heterocycles. The van der Waals surface area contributed by atoms with Crippen LogP contribution in [0.3, 0.4) is 0 Å². The van der Waals surface area contributed by atoms with Crippen molar-refractivity contribution >= 4 is 5.71 Å². The van der Waals surface area contributed by atoms with Gasteiger partial charge in [0, 0.05) is 29.8 Å². The highest BCUT2D eigenvalue weighted by atomic mass is 19.1. The lowest BCUT2D eigenvalue weighted by Gasteiger charge is -2.17. The van der Waals surface area contributed by atoms with E-state index in [0.717, 1.165) is 0 Å². The van der Waals surface area contributed by atoms with Gasteiger partial charge in [0.1, 0.15) is 11.6 Å². The summed E-state index contributed by atoms with van der Waals surface area (Å²) in [4.78, 5) is 4.38. The molecule has 5 N–H and O–H groups in total. The van der Waals surface area contributed by atoms with Crippen molar-refractivity contribution in [3.63, 3.8) is 0 Å². The summed E-state index contributed by atoms with van der Waals surface area (Å²) in [5.41, 5.74) is 8.66. The van der Waals surface area contributed by atoms with Gasteiger partial charge in [-0.1, -0.05) is 6.07 Å². The molecule has 8 heteroatoms. The quantitative estimate of drug-likeness (QED) is 0.248. The normalized spacial score (nSPS) is 14.4. The number of methoxy groups -OCH3 is 1. The van der Waals surface area contributed by atoms with Gasteiger partial charge in [0.25, 0.3) is 6.41 Å². The Morgan fingerprint density at radius 1 is 1.42 bits per heavy atom. The Balaban J connectivity index is 3.21. The van der Waals surface area contributed by atoms with Crippen molar-refractivity contribution in [3.8, 4) is 5.75 Å². The number of rotatable bonds is 8. The number of aliphatic imine (C=N–C) groups is 1. The molecule has 1 atom stereocenters. The van der Waals surface area contributed by atoms with Gasteiger partial charge in [0.05, 0.1) is 7.11 Å². The number of hydrogen-bond acceptors (Lipinski definition) is 7. The van der Waals surface area contributed by atoms with E-state index in [1.54, 1.807) is 19.1 Å². The van der Waals surface area contributed by atoms with Gasteiger partial charge in [-0.25, -0.2) is 4.39 Å². The van der Waals surface area contributed by atoms with Crippen LogP contribution >= 0.6 is 0 Å². The summed E-state index contributed by atoms with van der Waals surface area (Å²) in [7, 11) is 1.45. The molecule has 134 valence electrons. The van der Waals surface area contributed by atoms with E-state index in [1.807, 2.05) is 13.8 Å². The maximum Gasteiger partial charge on any atom is 0.280 e. The number of allylic oxidation sites excluding steroid dienone is 1. The Morgan fingerprint density at radius 2 is 2.08 bits per heavy atom. The van der Waals surface area contributed by atoms with Crippen LogP contribution < -0.4 is 16.0 Å². The van der Waals surface area contributed by atoms with Gasteiger partial charge in [-0.15, -0.1) is 5.48 Å². The topological polar surface area (TPSA) is 109 Å². The van der Waals surface area contributed by atoms with Crippen LogP contribution in [-0.2, 0) is 11.2 Å². The number of ether oxygens (including phenoxy) is 2. The van der Waals surface area contributed by atoms with E-state index in [4.69, 9.17) is 20.4 Å². The summed E-state index contributed by atoms with van der Waals surface area (Å²) in [5, 5.41) is 17.9. The Bertz CT molecular complexity index is 617. The molecule has 1 aromatic carbocycles. The predicted molar refractivity (Wildman–Crippen MR) is 88.1 cm³/mol. The minimum Gasteiger partial charge on any atom is -0.497 e. The number of aliphatic hydroxyl groups excluding tert-OH is 1. The lowest BCUT2D eigenvalue weighted by molar-refractivity contribution is -0.152. The second kappa shape index (κ2) is 9.21. The van der Waals surface area contributed by atoms with Gasteiger partial charge < -0.3 is 25.5 Å². The molecule has 0 aliphatic heterocycles. The number of benzene rings is 1. The van der Waals surface area contributed by atoms with Crippen molar-refractivity contribution in [1.29, 1.82) is 0 Å². The summed E-state index contributed by atoms with van der Waals surface area (Å²) in [6.45, 7) is 5.48. The molecule has 0 saturated carbocycles. The highest BCUT2D eigenvalue weighted by Gasteiger charge is 2.16. The highest BCUT2D eigenvalue weighted by Crippen LogP contribution is 2.21. The molecule has 0 aliphatic rings. The van der Waals surface area contributed by atoms with E-state index >= 15 is 0 Å². The fraction of sp³-hybridized carbons (Fsp3) is 0.438. The SMILES string of the molecule is COc1ccc(CC(C(C)=NC(C)C)=C(N)OC(O)NO)c(F)c1. The maximum absolute atomic E-state index is 14.2. The fourth-order valence-corrected chi connectivity index (χ4v) is 2.07. The fourth-order valence-electron chi connectivity index (χ4n) is 2.07. The molecule has 0 aliphatic carbocycles. The Hall–Kier alpha value is -2.16. The van der Waals surface area contributed by atoms with Gasteiger partial charge in [0.2, 0.25) is 0 Å². The van der Waals surface area contributed by atoms with E-state index < -0.39 is 12.2 Å². The minimum absolute atomic E-state index is 0.00518. The molecule has 0 fully saturated rings. The smallest absolute Gasteiger partial charge is 0.280 e. The zero-order valence-electron chi connectivity index (χ0n) is 14.2. The highest BCUT2D eigenvalue weighted by molar-refractivity contribution is 5.99. The summed E-state index contributed by atoms with van der Waals surface area (Å²) in [6.07, 6.45) is -1.60. The van der Waals surface area contributed by atoms with Crippen molar-refractivity contribution in [2.45, 2.75) is 39.6 Å². The summed E-state index contributed by atoms with van der Waals surface area (Å²) < 4.78 is 24.1. The van der Waals surface area contributed by atoms with Gasteiger partial charge in [-0.05, 0) is 32.4 Å². The molecule has 0 bridgehead atoms. The third kappa shape index (κ3) is 5.80. The van der Waals surface area contributed by atoms with Crippen LogP contribution in [0.15, 0.2) is 34.6 Å². The lowest BCUT2D eigenvalue weighted by Crippen LogP contribution is -2.31. The van der Waals surface area contributed by atoms with Gasteiger partial charge >= 0.3 is 0 Å². The number of aliphatic hydroxyl groups is 1. The molecule has 0 spiro atoms. The van der Waals surface area contributed by atoms with Crippen LogP contribution in [0.1, 0.15) is 26.3 Å². The molecule has 0 amide bonds. The molecule has 0 aromatic heterocycles. The zero-order chi connectivity index (χ0) is 18.3. The summed E-state index contributed by atoms with van der Waals surface area (Å²) in [5.74, 6) is -0.225. The van der Waals surface area contributed by atoms with Crippen molar-refractivity contribution in [3.05, 3.63) is 41.0 Å². The molecule has 0 radical (unpaired) electrons. The standard InChI is InChI=1S/C16H24FN3O4/c1-9(2)19-10(3)13(15(18)24-16(21)20-22)7-11-5-6-12(23-4)8-14(11)17/h5-6,8-9,16,20-22H,7,18H2,1-4H3. The molecular formula is C16H24FN3O4. The van der Waals surface area contributed by atoms with Crippen LogP contribution in [0.5, 0.6) is 5.75 Å². The van der Waals surface area contributed by atoms with E-state index in [2.05, 4.69) is 4.99 Å². The average Bonchev–Trinajstić information content (AvgIpc) is 2.52. The van der Waals surface area contributed by atoms with E-state index in [9.17, 15) is 9.50 Å². The Morgan fingerprint density at radius 3 is 2.58 bits per heavy atom. The third-order valence-corrected chi connectivity index (χ3v) is 3.16. The summed E-state index contributed by atoms with van der Waals surface area (Å²) >= 11 is 0. The first-order valence-electron chi connectivity index (χ1n) is 7.38. The number of halogens is 1. The van der Waals surface area contributed by atoms with Crippen molar-refractivity contribution in [1.82, 2.24) is 5.48 Å². The summed E-state index contributed by atoms with van der Waals surface area (Å²) in [6, 6.07) is 4.47. The van der Waals surface area contributed by atoms with E-state index in [-0.39, 0.29) is 18.3 Å². The van der Waals surface area contributed by atoms with Crippen LogP contribution in [0.25, 0.3) is 0 Å². The van der Waals surface area contributed by atoms with E-state index in [0.29, 0.717) is 22.6 Å². The minimum atomic E-state index is -1.70. The Kier molecular flexibility index (Phi) is 7.63. The van der Waals surface area contributed by atoms with E-state index in [1.165, 1.54) is 18.7 Å². The van der Waals surface area contributed by atoms with Gasteiger partial charge in [-0.2, -0.15) is 0 Å². The molecular weight excluding hydrogens is 317 g/mol. The number of nitrogens with two attached hydrogens (primary N) is 1. The first-order chi connectivity index (χ1) is 11.3. The maximum atomic E-state index is 14.2. The monoisotopic (exact) mass is 341 g/mol. The molecule has 0 heterocycles. The van der Waals surface area contributed by atoms with Crippen LogP contribution in [-0.4, -0.2) is 35.6 Å². The molecule has 7 nitrogen and oxygen atoms in total. The van der Waals surface area contributed by atoms with Gasteiger partial charge in [-0.3, -0.25) is 4.99 Å². The number of nitrogens with zero attached hydrogens (tertiary/aromatic N) is 1. The van der Waals surface area contributed by atoms with Crippen LogP contribution in [0.2, 0.25) is 0 Å². The largest absolute Gasteiger partial charge is 0.497 e. The molecule has 24 heavy (non-hydrogen) atoms. The first kappa shape index (κ1) is 19.9. The zero-order valence-corrected chi connectivity index (χ0v) is 14.2. The first-order valence-corrected chi connectivity index (χ1v) is 7.38. The van der Waals surface area contributed by atoms with Gasteiger partial charge in [0.15, 0.2) is 5.88 Å². The third-order valence-electron chi connectivity index (χ3n) is 3.16. The molecule has 1 unspecified atom stereocenters. The molecule has 1 rings (SSSR count). The van der Waals surface area contributed by atoms with Crippen molar-refractivity contribution < 1.29 is 24.2 Å². The van der Waals surface area contributed by atoms with Crippen molar-refractivity contribution in [2.24, 2.45) is 10.7 Å².